The van der Waals surface area contributed by atoms with Crippen LogP contribution in [-0.4, -0.2) is 56.0 Å². The molecular weight excluding hydrogens is 318 g/mol. The molecule has 0 bridgehead atoms. The molecule has 2 aliphatic rings. The Morgan fingerprint density at radius 3 is 2.70 bits per heavy atom. The third-order valence-corrected chi connectivity index (χ3v) is 6.88. The number of anilines is 1. The molecule has 2 atom stereocenters. The number of rotatable bonds is 4. The predicted octanol–water partition coefficient (Wildman–Crippen LogP) is 1.02. The van der Waals surface area contributed by atoms with Gasteiger partial charge in [0.2, 0.25) is 10.0 Å². The lowest BCUT2D eigenvalue weighted by Gasteiger charge is -2.23. The maximum atomic E-state index is 12.8. The zero-order valence-corrected chi connectivity index (χ0v) is 14.1. The van der Waals surface area contributed by atoms with Gasteiger partial charge in [0, 0.05) is 33.4 Å². The number of hydrogen-bond donors (Lipinski definition) is 1. The summed E-state index contributed by atoms with van der Waals surface area (Å²) in [4.78, 5) is 17.7. The lowest BCUT2D eigenvalue weighted by Crippen LogP contribution is -2.37. The van der Waals surface area contributed by atoms with Crippen molar-refractivity contribution in [2.45, 2.75) is 24.2 Å². The maximum Gasteiger partial charge on any atom is 0.311 e. The Morgan fingerprint density at radius 1 is 1.43 bits per heavy atom. The second-order valence-electron chi connectivity index (χ2n) is 6.59. The third-order valence-electron chi connectivity index (χ3n) is 5.08. The van der Waals surface area contributed by atoms with Crippen molar-refractivity contribution in [1.29, 1.82) is 0 Å². The van der Waals surface area contributed by atoms with Crippen LogP contribution in [0.4, 0.5) is 5.82 Å². The van der Waals surface area contributed by atoms with Gasteiger partial charge < -0.3 is 10.0 Å². The monoisotopic (exact) mass is 339 g/mol. The molecule has 2 fully saturated rings. The second-order valence-corrected chi connectivity index (χ2v) is 8.53. The molecule has 1 saturated heterocycles. The van der Waals surface area contributed by atoms with Gasteiger partial charge in [0.15, 0.2) is 0 Å². The van der Waals surface area contributed by atoms with E-state index in [9.17, 15) is 18.3 Å². The Kier molecular flexibility index (Phi) is 3.84. The number of fused-ring (bicyclic) bond motifs is 1. The van der Waals surface area contributed by atoms with Gasteiger partial charge in [-0.3, -0.25) is 4.79 Å². The van der Waals surface area contributed by atoms with Crippen LogP contribution in [0.1, 0.15) is 19.3 Å². The molecule has 0 spiro atoms. The molecule has 126 valence electrons. The Labute approximate surface area is 136 Å². The quantitative estimate of drug-likeness (QED) is 0.881. The van der Waals surface area contributed by atoms with E-state index < -0.39 is 21.4 Å². The number of aliphatic carboxylic acids is 1. The first-order valence-corrected chi connectivity index (χ1v) is 9.08. The molecule has 1 aliphatic heterocycles. The molecular formula is C15H21N3O4S. The zero-order chi connectivity index (χ0) is 16.8. The minimum absolute atomic E-state index is 0.0603. The molecule has 3 rings (SSSR count). The van der Waals surface area contributed by atoms with Crippen LogP contribution in [-0.2, 0) is 14.8 Å². The number of pyridine rings is 1. The summed E-state index contributed by atoms with van der Waals surface area (Å²) in [5.74, 6) is -0.299. The van der Waals surface area contributed by atoms with Crippen LogP contribution in [0.3, 0.4) is 0 Å². The molecule has 23 heavy (non-hydrogen) atoms. The highest BCUT2D eigenvalue weighted by molar-refractivity contribution is 7.89. The molecule has 1 aromatic heterocycles. The summed E-state index contributed by atoms with van der Waals surface area (Å²) in [5.41, 5.74) is -0.913. The van der Waals surface area contributed by atoms with Gasteiger partial charge in [-0.05, 0) is 30.9 Å². The maximum absolute atomic E-state index is 12.8. The zero-order valence-electron chi connectivity index (χ0n) is 13.3. The average molecular weight is 339 g/mol. The molecule has 7 nitrogen and oxygen atoms in total. The highest BCUT2D eigenvalue weighted by Gasteiger charge is 2.57. The van der Waals surface area contributed by atoms with E-state index in [-0.39, 0.29) is 23.9 Å². The van der Waals surface area contributed by atoms with Gasteiger partial charge in [0.05, 0.1) is 5.41 Å². The molecule has 1 aromatic rings. The molecule has 1 aliphatic carbocycles. The van der Waals surface area contributed by atoms with Gasteiger partial charge in [0.25, 0.3) is 0 Å². The largest absolute Gasteiger partial charge is 0.481 e. The van der Waals surface area contributed by atoms with Gasteiger partial charge in [-0.1, -0.05) is 6.42 Å². The topological polar surface area (TPSA) is 90.8 Å². The minimum atomic E-state index is -3.71. The van der Waals surface area contributed by atoms with Gasteiger partial charge in [-0.15, -0.1) is 0 Å². The first-order chi connectivity index (χ1) is 10.8. The van der Waals surface area contributed by atoms with Crippen LogP contribution in [0.15, 0.2) is 23.2 Å². The SMILES string of the molecule is CN(C)c1ccc(S(=O)(=O)N2C[C@@H]3CCC[C@@]3(C(=O)O)C2)cn1. The Balaban J connectivity index is 1.88. The summed E-state index contributed by atoms with van der Waals surface area (Å²) in [6.07, 6.45) is 3.52. The summed E-state index contributed by atoms with van der Waals surface area (Å²) in [7, 11) is -0.0495. The number of aromatic nitrogens is 1. The first kappa shape index (κ1) is 16.2. The summed E-state index contributed by atoms with van der Waals surface area (Å²) < 4.78 is 26.9. The first-order valence-electron chi connectivity index (χ1n) is 7.64. The second kappa shape index (κ2) is 5.45. The van der Waals surface area contributed by atoms with E-state index in [4.69, 9.17) is 0 Å². The van der Waals surface area contributed by atoms with Crippen molar-refractivity contribution in [1.82, 2.24) is 9.29 Å². The summed E-state index contributed by atoms with van der Waals surface area (Å²) in [5, 5.41) is 9.59. The van der Waals surface area contributed by atoms with Crippen molar-refractivity contribution in [2.24, 2.45) is 11.3 Å². The molecule has 2 heterocycles. The van der Waals surface area contributed by atoms with Gasteiger partial charge in [0.1, 0.15) is 10.7 Å². The number of carboxylic acid groups (broad SMARTS) is 1. The van der Waals surface area contributed by atoms with E-state index in [2.05, 4.69) is 4.98 Å². The van der Waals surface area contributed by atoms with E-state index in [0.717, 1.165) is 12.8 Å². The summed E-state index contributed by atoms with van der Waals surface area (Å²) in [6, 6.07) is 3.18. The summed E-state index contributed by atoms with van der Waals surface area (Å²) in [6.45, 7) is 0.342. The normalized spacial score (nSPS) is 27.8. The van der Waals surface area contributed by atoms with E-state index in [0.29, 0.717) is 12.2 Å². The fraction of sp³-hybridized carbons (Fsp3) is 0.600. The number of carbonyl (C=O) groups is 1. The van der Waals surface area contributed by atoms with Gasteiger partial charge in [-0.2, -0.15) is 4.31 Å². The van der Waals surface area contributed by atoms with E-state index in [1.54, 1.807) is 11.0 Å². The molecule has 8 heteroatoms. The van der Waals surface area contributed by atoms with Crippen LogP contribution in [0, 0.1) is 11.3 Å². The smallest absolute Gasteiger partial charge is 0.311 e. The standard InChI is InChI=1S/C15H21N3O4S/c1-17(2)13-6-5-12(8-16-13)23(21,22)18-9-11-4-3-7-15(11,10-18)14(19)20/h5-6,8,11H,3-4,7,9-10H2,1-2H3,(H,19,20)/t11-,15+/m0/s1. The highest BCUT2D eigenvalue weighted by atomic mass is 32.2. The fourth-order valence-electron chi connectivity index (χ4n) is 3.71. The molecule has 0 radical (unpaired) electrons. The Morgan fingerprint density at radius 2 is 2.17 bits per heavy atom. The van der Waals surface area contributed by atoms with Crippen LogP contribution in [0.2, 0.25) is 0 Å². The minimum Gasteiger partial charge on any atom is -0.481 e. The van der Waals surface area contributed by atoms with Crippen LogP contribution < -0.4 is 4.90 Å². The van der Waals surface area contributed by atoms with Crippen LogP contribution in [0.5, 0.6) is 0 Å². The molecule has 0 amide bonds. The van der Waals surface area contributed by atoms with Crippen LogP contribution in [0.25, 0.3) is 0 Å². The van der Waals surface area contributed by atoms with Crippen LogP contribution >= 0.6 is 0 Å². The average Bonchev–Trinajstić information content (AvgIpc) is 3.05. The lowest BCUT2D eigenvalue weighted by atomic mass is 9.81. The highest BCUT2D eigenvalue weighted by Crippen LogP contribution is 2.50. The van der Waals surface area contributed by atoms with E-state index in [1.807, 2.05) is 14.1 Å². The summed E-state index contributed by atoms with van der Waals surface area (Å²) >= 11 is 0. The van der Waals surface area contributed by atoms with Crippen molar-refractivity contribution >= 4 is 21.8 Å². The van der Waals surface area contributed by atoms with Crippen molar-refractivity contribution in [3.8, 4) is 0 Å². The van der Waals surface area contributed by atoms with Crippen molar-refractivity contribution in [2.75, 3.05) is 32.1 Å². The van der Waals surface area contributed by atoms with Gasteiger partial charge >= 0.3 is 5.97 Å². The van der Waals surface area contributed by atoms with Crippen molar-refractivity contribution in [3.63, 3.8) is 0 Å². The molecule has 0 aromatic carbocycles. The predicted molar refractivity (Wildman–Crippen MR) is 84.7 cm³/mol. The van der Waals surface area contributed by atoms with E-state index in [1.165, 1.54) is 16.6 Å². The number of nitrogens with zero attached hydrogens (tertiary/aromatic N) is 3. The fourth-order valence-corrected chi connectivity index (χ4v) is 5.22. The van der Waals surface area contributed by atoms with Gasteiger partial charge in [-0.25, -0.2) is 13.4 Å². The molecule has 1 N–H and O–H groups in total. The van der Waals surface area contributed by atoms with E-state index >= 15 is 0 Å². The Hall–Kier alpha value is -1.67. The Bertz CT molecular complexity index is 717. The molecule has 0 unspecified atom stereocenters. The lowest BCUT2D eigenvalue weighted by molar-refractivity contribution is -0.149. The molecule has 1 saturated carbocycles. The third kappa shape index (κ3) is 2.49. The number of hydrogen-bond acceptors (Lipinski definition) is 5. The number of carboxylic acids is 1. The number of sulfonamides is 1. The van der Waals surface area contributed by atoms with Crippen molar-refractivity contribution < 1.29 is 18.3 Å². The van der Waals surface area contributed by atoms with Crippen molar-refractivity contribution in [3.05, 3.63) is 18.3 Å².